The number of benzene rings is 2. The molecule has 0 saturated carbocycles. The molecule has 0 spiro atoms. The first-order valence-corrected chi connectivity index (χ1v) is 15.1. The number of hydrogen-bond donors (Lipinski definition) is 1. The second-order valence-corrected chi connectivity index (χ2v) is 12.0. The third kappa shape index (κ3) is 5.53. The lowest BCUT2D eigenvalue weighted by molar-refractivity contribution is -0.136. The van der Waals surface area contributed by atoms with Gasteiger partial charge in [0.25, 0.3) is 5.91 Å². The summed E-state index contributed by atoms with van der Waals surface area (Å²) in [5.41, 5.74) is 2.45. The minimum Gasteiger partial charge on any atom is -0.489 e. The second kappa shape index (κ2) is 11.8. The highest BCUT2D eigenvalue weighted by Crippen LogP contribution is 2.33. The fourth-order valence-electron chi connectivity index (χ4n) is 6.82. The second-order valence-electron chi connectivity index (χ2n) is 12.0. The average molecular weight is 604 g/mol. The average Bonchev–Trinajstić information content (AvgIpc) is 3.74. The summed E-state index contributed by atoms with van der Waals surface area (Å²) >= 11 is 0. The lowest BCUT2D eigenvalue weighted by atomic mass is 10.0. The highest BCUT2D eigenvalue weighted by atomic mass is 19.1. The minimum absolute atomic E-state index is 0.0810. The summed E-state index contributed by atoms with van der Waals surface area (Å²) < 4.78 is 32.8. The fourth-order valence-corrected chi connectivity index (χ4v) is 6.82. The molecule has 7 rings (SSSR count). The van der Waals surface area contributed by atoms with Gasteiger partial charge in [-0.15, -0.1) is 0 Å². The Balaban J connectivity index is 1.03. The maximum absolute atomic E-state index is 15.2. The smallest absolute Gasteiger partial charge is 0.255 e. The topological polar surface area (TPSA) is 123 Å². The van der Waals surface area contributed by atoms with E-state index in [0.29, 0.717) is 67.3 Å². The number of nitrogens with one attached hydrogen (secondary N) is 1. The zero-order valence-electron chi connectivity index (χ0n) is 24.5. The van der Waals surface area contributed by atoms with E-state index in [1.165, 1.54) is 4.90 Å². The van der Waals surface area contributed by atoms with Crippen LogP contribution in [0, 0.1) is 11.7 Å². The van der Waals surface area contributed by atoms with Gasteiger partial charge in [-0.3, -0.25) is 24.6 Å². The Kier molecular flexibility index (Phi) is 7.73. The normalized spacial score (nSPS) is 25.6. The Morgan fingerprint density at radius 2 is 2.02 bits per heavy atom. The molecule has 1 N–H and O–H groups in total. The van der Waals surface area contributed by atoms with Gasteiger partial charge in [0.15, 0.2) is 5.82 Å². The first kappa shape index (κ1) is 28.8. The Bertz CT molecular complexity index is 1630. The van der Waals surface area contributed by atoms with E-state index >= 15 is 4.39 Å². The van der Waals surface area contributed by atoms with Crippen molar-refractivity contribution in [1.29, 1.82) is 0 Å². The van der Waals surface area contributed by atoms with Crippen LogP contribution in [-0.4, -0.2) is 83.0 Å². The molecule has 3 fully saturated rings. The molecular formula is C32H34FN5O6. The van der Waals surface area contributed by atoms with Crippen LogP contribution in [0.1, 0.15) is 59.1 Å². The van der Waals surface area contributed by atoms with Crippen molar-refractivity contribution in [3.8, 4) is 5.75 Å². The molecular weight excluding hydrogens is 569 g/mol. The van der Waals surface area contributed by atoms with E-state index in [0.717, 1.165) is 24.0 Å². The van der Waals surface area contributed by atoms with Crippen LogP contribution >= 0.6 is 0 Å². The Hall–Kier alpha value is -4.00. The van der Waals surface area contributed by atoms with Gasteiger partial charge in [0.2, 0.25) is 11.8 Å². The minimum atomic E-state index is -0.665. The first-order chi connectivity index (χ1) is 21.4. The predicted molar refractivity (Wildman–Crippen MR) is 155 cm³/mol. The molecule has 230 valence electrons. The van der Waals surface area contributed by atoms with Crippen molar-refractivity contribution in [2.45, 2.75) is 57.0 Å². The number of hydrogen-bond acceptors (Lipinski definition) is 9. The van der Waals surface area contributed by atoms with Gasteiger partial charge in [0.1, 0.15) is 35.3 Å². The van der Waals surface area contributed by atoms with Gasteiger partial charge in [-0.05, 0) is 60.7 Å². The number of ether oxygens (including phenoxy) is 3. The summed E-state index contributed by atoms with van der Waals surface area (Å²) in [4.78, 5) is 49.7. The van der Waals surface area contributed by atoms with Crippen LogP contribution in [0.5, 0.6) is 5.75 Å². The van der Waals surface area contributed by atoms with Crippen molar-refractivity contribution in [3.05, 3.63) is 64.9 Å². The molecule has 0 aliphatic carbocycles. The number of rotatable bonds is 8. The molecule has 0 bridgehead atoms. The number of halogens is 1. The molecule has 11 nitrogen and oxygen atoms in total. The largest absolute Gasteiger partial charge is 0.489 e. The molecule has 5 heterocycles. The molecule has 44 heavy (non-hydrogen) atoms. The molecule has 4 atom stereocenters. The third-order valence-electron chi connectivity index (χ3n) is 8.96. The first-order valence-electron chi connectivity index (χ1n) is 15.1. The highest BCUT2D eigenvalue weighted by molar-refractivity contribution is 6.05. The van der Waals surface area contributed by atoms with Crippen molar-refractivity contribution >= 4 is 28.6 Å². The number of nitrogens with zero attached hydrogens (tertiary/aromatic N) is 4. The number of methoxy groups -OCH3 is 1. The van der Waals surface area contributed by atoms with Crippen LogP contribution < -0.4 is 10.1 Å². The lowest BCUT2D eigenvalue weighted by Crippen LogP contribution is -2.52. The summed E-state index contributed by atoms with van der Waals surface area (Å²) in [6, 6.07) is 8.18. The van der Waals surface area contributed by atoms with E-state index in [2.05, 4.69) is 20.2 Å². The summed E-state index contributed by atoms with van der Waals surface area (Å²) in [6.45, 7) is 3.30. The molecule has 4 aliphatic rings. The SMILES string of the molecule is COC[C@@H]1CN(Cc2cc(F)c3nc(C4CCCO4)ncc3c2)C[C@H]1Oc1ccc2c(c1)CN([C@H]1CCC(=O)NC1=O)C2=O. The molecule has 4 aliphatic heterocycles. The predicted octanol–water partition coefficient (Wildman–Crippen LogP) is 2.91. The molecule has 1 unspecified atom stereocenters. The van der Waals surface area contributed by atoms with Crippen LogP contribution in [0.25, 0.3) is 10.9 Å². The van der Waals surface area contributed by atoms with E-state index in [9.17, 15) is 14.4 Å². The van der Waals surface area contributed by atoms with Crippen LogP contribution in [0.15, 0.2) is 36.5 Å². The summed E-state index contributed by atoms with van der Waals surface area (Å²) in [5.74, 6) is -0.105. The molecule has 2 aromatic carbocycles. The zero-order valence-corrected chi connectivity index (χ0v) is 24.5. The molecule has 3 saturated heterocycles. The lowest BCUT2D eigenvalue weighted by Gasteiger charge is -2.29. The molecule has 0 radical (unpaired) electrons. The van der Waals surface area contributed by atoms with Crippen molar-refractivity contribution in [2.75, 3.05) is 33.4 Å². The van der Waals surface area contributed by atoms with Crippen molar-refractivity contribution in [2.24, 2.45) is 5.92 Å². The molecule has 1 aromatic heterocycles. The number of likely N-dealkylation sites (tertiary alicyclic amines) is 1. The zero-order chi connectivity index (χ0) is 30.4. The van der Waals surface area contributed by atoms with Crippen molar-refractivity contribution in [1.82, 2.24) is 25.1 Å². The number of carbonyl (C=O) groups is 3. The van der Waals surface area contributed by atoms with Gasteiger partial charge in [0, 0.05) is 69.4 Å². The third-order valence-corrected chi connectivity index (χ3v) is 8.96. The van der Waals surface area contributed by atoms with Crippen LogP contribution in [0.3, 0.4) is 0 Å². The van der Waals surface area contributed by atoms with Gasteiger partial charge in [-0.25, -0.2) is 14.4 Å². The van der Waals surface area contributed by atoms with Crippen LogP contribution in [0.2, 0.25) is 0 Å². The van der Waals surface area contributed by atoms with E-state index < -0.39 is 11.9 Å². The van der Waals surface area contributed by atoms with Gasteiger partial charge in [0.05, 0.1) is 6.61 Å². The standard InChI is InChI=1S/C32H34FN5O6/c1-42-17-21-14-37(13-18-9-19-12-34-30(26-3-2-8-43-26)36-29(19)24(33)10-18)16-27(21)44-22-4-5-23-20(11-22)15-38(32(23)41)25-6-7-28(39)35-31(25)40/h4-5,9-12,21,25-27H,2-3,6-8,13-17H2,1H3,(H,35,39,40)/t21-,25-,26?,27+/m0/s1. The molecule has 3 aromatic rings. The number of amides is 3. The van der Waals surface area contributed by atoms with E-state index in [1.54, 1.807) is 31.5 Å². The molecule has 12 heteroatoms. The van der Waals surface area contributed by atoms with Gasteiger partial charge in [-0.2, -0.15) is 0 Å². The number of carbonyl (C=O) groups excluding carboxylic acids is 3. The van der Waals surface area contributed by atoms with Gasteiger partial charge >= 0.3 is 0 Å². The Labute approximate surface area is 253 Å². The summed E-state index contributed by atoms with van der Waals surface area (Å²) in [6.07, 6.45) is 3.64. The monoisotopic (exact) mass is 603 g/mol. The van der Waals surface area contributed by atoms with E-state index in [1.807, 2.05) is 12.1 Å². The van der Waals surface area contributed by atoms with Crippen molar-refractivity contribution < 1.29 is 33.0 Å². The van der Waals surface area contributed by atoms with E-state index in [4.69, 9.17) is 14.2 Å². The summed E-state index contributed by atoms with van der Waals surface area (Å²) in [7, 11) is 1.66. The number of piperidine rings is 1. The highest BCUT2D eigenvalue weighted by Gasteiger charge is 2.40. The quantitative estimate of drug-likeness (QED) is 0.387. The van der Waals surface area contributed by atoms with Gasteiger partial charge < -0.3 is 19.1 Å². The van der Waals surface area contributed by atoms with E-state index in [-0.39, 0.29) is 48.7 Å². The molecule has 3 amide bonds. The van der Waals surface area contributed by atoms with Crippen LogP contribution in [-0.2, 0) is 32.2 Å². The maximum Gasteiger partial charge on any atom is 0.255 e. The summed E-state index contributed by atoms with van der Waals surface area (Å²) in [5, 5.41) is 2.99. The number of fused-ring (bicyclic) bond motifs is 2. The van der Waals surface area contributed by atoms with Crippen LogP contribution in [0.4, 0.5) is 4.39 Å². The number of aromatic nitrogens is 2. The number of imide groups is 1. The van der Waals surface area contributed by atoms with Gasteiger partial charge in [-0.1, -0.05) is 0 Å². The Morgan fingerprint density at radius 1 is 1.14 bits per heavy atom. The maximum atomic E-state index is 15.2. The van der Waals surface area contributed by atoms with Crippen molar-refractivity contribution in [3.63, 3.8) is 0 Å². The fraction of sp³-hybridized carbons (Fsp3) is 0.469. The Morgan fingerprint density at radius 3 is 2.82 bits per heavy atom.